The number of amides is 1. The van der Waals surface area contributed by atoms with Gasteiger partial charge in [0.2, 0.25) is 5.91 Å². The van der Waals surface area contributed by atoms with E-state index in [0.717, 1.165) is 18.0 Å². The van der Waals surface area contributed by atoms with Crippen LogP contribution in [0, 0.1) is 11.8 Å². The molecule has 1 amide bonds. The molecule has 3 N–H and O–H groups in total. The Kier molecular flexibility index (Phi) is 4.61. The molecule has 0 aromatic heterocycles. The summed E-state index contributed by atoms with van der Waals surface area (Å²) in [7, 11) is 0. The van der Waals surface area contributed by atoms with Crippen molar-refractivity contribution < 1.29 is 4.79 Å². The summed E-state index contributed by atoms with van der Waals surface area (Å²) in [5.74, 6) is 1.44. The van der Waals surface area contributed by atoms with E-state index in [9.17, 15) is 4.79 Å². The second-order valence-electron chi connectivity index (χ2n) is 5.53. The van der Waals surface area contributed by atoms with Crippen LogP contribution in [0.4, 0.5) is 5.69 Å². The number of hydrogen-bond donors (Lipinski definition) is 2. The Morgan fingerprint density at radius 1 is 1.47 bits per heavy atom. The molecule has 1 aromatic rings. The number of nitrogens with two attached hydrogens (primary N) is 1. The van der Waals surface area contributed by atoms with E-state index in [-0.39, 0.29) is 5.91 Å². The predicted octanol–water partition coefficient (Wildman–Crippen LogP) is 2.83. The number of benzene rings is 1. The highest BCUT2D eigenvalue weighted by Crippen LogP contribution is 2.29. The highest BCUT2D eigenvalue weighted by atomic mass is 16.1. The van der Waals surface area contributed by atoms with Crippen LogP contribution in [0.1, 0.15) is 31.7 Å². The van der Waals surface area contributed by atoms with E-state index in [4.69, 9.17) is 5.73 Å². The maximum absolute atomic E-state index is 11.7. The van der Waals surface area contributed by atoms with Gasteiger partial charge >= 0.3 is 0 Å². The van der Waals surface area contributed by atoms with Crippen LogP contribution < -0.4 is 11.1 Å². The molecule has 0 aliphatic heterocycles. The first-order valence-electron chi connectivity index (χ1n) is 6.95. The summed E-state index contributed by atoms with van der Waals surface area (Å²) in [6.45, 7) is 3.08. The van der Waals surface area contributed by atoms with Crippen LogP contribution in [-0.2, 0) is 4.79 Å². The van der Waals surface area contributed by atoms with Gasteiger partial charge in [-0.05, 0) is 48.4 Å². The van der Waals surface area contributed by atoms with Crippen molar-refractivity contribution in [3.8, 4) is 0 Å². The minimum Gasteiger partial charge on any atom is -0.399 e. The number of nitrogens with one attached hydrogen (secondary N) is 1. The van der Waals surface area contributed by atoms with E-state index in [2.05, 4.69) is 12.2 Å². The monoisotopic (exact) mass is 258 g/mol. The lowest BCUT2D eigenvalue weighted by Gasteiger charge is -2.09. The number of hydrogen-bond acceptors (Lipinski definition) is 2. The fourth-order valence-electron chi connectivity index (χ4n) is 2.65. The van der Waals surface area contributed by atoms with E-state index >= 15 is 0 Å². The molecule has 0 heterocycles. The molecule has 1 aromatic carbocycles. The van der Waals surface area contributed by atoms with E-state index in [0.29, 0.717) is 11.6 Å². The van der Waals surface area contributed by atoms with Crippen molar-refractivity contribution in [2.24, 2.45) is 11.8 Å². The maximum atomic E-state index is 11.7. The number of anilines is 1. The molecule has 1 saturated carbocycles. The summed E-state index contributed by atoms with van der Waals surface area (Å²) < 4.78 is 0. The number of carbonyl (C=O) groups excluding carboxylic acids is 1. The van der Waals surface area contributed by atoms with Crippen molar-refractivity contribution in [3.05, 3.63) is 35.9 Å². The molecule has 19 heavy (non-hydrogen) atoms. The van der Waals surface area contributed by atoms with Gasteiger partial charge in [0.25, 0.3) is 0 Å². The Bertz CT molecular complexity index is 468. The van der Waals surface area contributed by atoms with Crippen molar-refractivity contribution >= 4 is 17.7 Å². The summed E-state index contributed by atoms with van der Waals surface area (Å²) in [5.41, 5.74) is 7.34. The number of carbonyl (C=O) groups is 1. The van der Waals surface area contributed by atoms with Crippen molar-refractivity contribution in [1.29, 1.82) is 0 Å². The van der Waals surface area contributed by atoms with E-state index < -0.39 is 0 Å². The third-order valence-corrected chi connectivity index (χ3v) is 3.71. The molecule has 0 radical (unpaired) electrons. The molecule has 0 spiro atoms. The van der Waals surface area contributed by atoms with Crippen LogP contribution in [0.5, 0.6) is 0 Å². The minimum atomic E-state index is -0.0259. The van der Waals surface area contributed by atoms with E-state index in [1.165, 1.54) is 19.3 Å². The van der Waals surface area contributed by atoms with Crippen LogP contribution in [0.25, 0.3) is 6.08 Å². The average Bonchev–Trinajstić information content (AvgIpc) is 2.80. The molecule has 1 aliphatic rings. The summed E-state index contributed by atoms with van der Waals surface area (Å²) in [6.07, 6.45) is 7.13. The normalized spacial score (nSPS) is 22.8. The molecule has 2 atom stereocenters. The molecule has 2 rings (SSSR count). The van der Waals surface area contributed by atoms with Gasteiger partial charge in [-0.15, -0.1) is 0 Å². The Morgan fingerprint density at radius 3 is 3.00 bits per heavy atom. The average molecular weight is 258 g/mol. The molecule has 0 saturated heterocycles. The van der Waals surface area contributed by atoms with E-state index in [1.807, 2.05) is 24.3 Å². The SMILES string of the molecule is CC1CCC(CNC(=O)/C=C/c2cccc(N)c2)C1. The highest BCUT2D eigenvalue weighted by Gasteiger charge is 2.21. The zero-order valence-corrected chi connectivity index (χ0v) is 11.4. The fraction of sp³-hybridized carbons (Fsp3) is 0.438. The second kappa shape index (κ2) is 6.41. The van der Waals surface area contributed by atoms with Crippen LogP contribution in [-0.4, -0.2) is 12.5 Å². The smallest absolute Gasteiger partial charge is 0.244 e. The number of nitrogen functional groups attached to an aromatic ring is 1. The largest absolute Gasteiger partial charge is 0.399 e. The minimum absolute atomic E-state index is 0.0259. The highest BCUT2D eigenvalue weighted by molar-refractivity contribution is 5.91. The van der Waals surface area contributed by atoms with Gasteiger partial charge in [0.1, 0.15) is 0 Å². The van der Waals surface area contributed by atoms with Crippen molar-refractivity contribution in [3.63, 3.8) is 0 Å². The molecular weight excluding hydrogens is 236 g/mol. The van der Waals surface area contributed by atoms with Crippen LogP contribution in [0.2, 0.25) is 0 Å². The standard InChI is InChI=1S/C16H22N2O/c1-12-5-6-14(9-12)11-18-16(19)8-7-13-3-2-4-15(17)10-13/h2-4,7-8,10,12,14H,5-6,9,11,17H2,1H3,(H,18,19)/b8-7+. The fourth-order valence-corrected chi connectivity index (χ4v) is 2.65. The van der Waals surface area contributed by atoms with Crippen LogP contribution in [0.15, 0.2) is 30.3 Å². The lowest BCUT2D eigenvalue weighted by atomic mass is 10.1. The summed E-state index contributed by atoms with van der Waals surface area (Å²) in [4.78, 5) is 11.7. The quantitative estimate of drug-likeness (QED) is 0.644. The number of rotatable bonds is 4. The molecule has 102 valence electrons. The Hall–Kier alpha value is -1.77. The summed E-state index contributed by atoms with van der Waals surface area (Å²) in [6, 6.07) is 7.49. The first-order chi connectivity index (χ1) is 9.13. The molecule has 1 aliphatic carbocycles. The molecule has 3 heteroatoms. The Balaban J connectivity index is 1.78. The topological polar surface area (TPSA) is 55.1 Å². The molecule has 0 bridgehead atoms. The maximum Gasteiger partial charge on any atom is 0.244 e. The summed E-state index contributed by atoms with van der Waals surface area (Å²) in [5, 5.41) is 2.97. The van der Waals surface area contributed by atoms with Crippen molar-refractivity contribution in [1.82, 2.24) is 5.32 Å². The second-order valence-corrected chi connectivity index (χ2v) is 5.53. The molecular formula is C16H22N2O. The molecule has 2 unspecified atom stereocenters. The van der Waals surface area contributed by atoms with Crippen molar-refractivity contribution in [2.75, 3.05) is 12.3 Å². The van der Waals surface area contributed by atoms with Gasteiger partial charge in [0.15, 0.2) is 0 Å². The lowest BCUT2D eigenvalue weighted by Crippen LogP contribution is -2.26. The van der Waals surface area contributed by atoms with Gasteiger partial charge in [0.05, 0.1) is 0 Å². The Labute approximate surface area is 114 Å². The van der Waals surface area contributed by atoms with Gasteiger partial charge in [0, 0.05) is 18.3 Å². The Morgan fingerprint density at radius 2 is 2.32 bits per heavy atom. The zero-order chi connectivity index (χ0) is 13.7. The summed E-state index contributed by atoms with van der Waals surface area (Å²) >= 11 is 0. The van der Waals surface area contributed by atoms with Crippen LogP contribution in [0.3, 0.4) is 0 Å². The van der Waals surface area contributed by atoms with Gasteiger partial charge in [-0.3, -0.25) is 4.79 Å². The third-order valence-electron chi connectivity index (χ3n) is 3.71. The first-order valence-corrected chi connectivity index (χ1v) is 6.95. The molecule has 1 fully saturated rings. The zero-order valence-electron chi connectivity index (χ0n) is 11.4. The predicted molar refractivity (Wildman–Crippen MR) is 79.4 cm³/mol. The third kappa shape index (κ3) is 4.43. The lowest BCUT2D eigenvalue weighted by molar-refractivity contribution is -0.116. The van der Waals surface area contributed by atoms with Gasteiger partial charge < -0.3 is 11.1 Å². The van der Waals surface area contributed by atoms with Gasteiger partial charge in [-0.25, -0.2) is 0 Å². The van der Waals surface area contributed by atoms with Gasteiger partial charge in [-0.2, -0.15) is 0 Å². The van der Waals surface area contributed by atoms with E-state index in [1.54, 1.807) is 12.2 Å². The van der Waals surface area contributed by atoms with Gasteiger partial charge in [-0.1, -0.05) is 25.5 Å². The molecule has 3 nitrogen and oxygen atoms in total. The first kappa shape index (κ1) is 13.7. The van der Waals surface area contributed by atoms with Crippen LogP contribution >= 0.6 is 0 Å². The van der Waals surface area contributed by atoms with Crippen molar-refractivity contribution in [2.45, 2.75) is 26.2 Å².